The molecule has 0 radical (unpaired) electrons. The van der Waals surface area contributed by atoms with Crippen LogP contribution in [0.5, 0.6) is 0 Å². The molecular weight excluding hydrogens is 360 g/mol. The molecule has 0 aromatic heterocycles. The first-order valence-electron chi connectivity index (χ1n) is 8.10. The van der Waals surface area contributed by atoms with Gasteiger partial charge in [0.05, 0.1) is 13.7 Å². The third-order valence-electron chi connectivity index (χ3n) is 3.19. The van der Waals surface area contributed by atoms with Gasteiger partial charge < -0.3 is 14.6 Å². The summed E-state index contributed by atoms with van der Waals surface area (Å²) in [5, 5.41) is 12.7. The number of ether oxygens (including phenoxy) is 2. The van der Waals surface area contributed by atoms with Crippen LogP contribution in [0.1, 0.15) is 26.3 Å². The molecule has 0 aliphatic heterocycles. The summed E-state index contributed by atoms with van der Waals surface area (Å²) < 4.78 is 9.82. The van der Waals surface area contributed by atoms with E-state index in [2.05, 4.69) is 15.0 Å². The second kappa shape index (κ2) is 10.3. The van der Waals surface area contributed by atoms with Crippen LogP contribution in [0.25, 0.3) is 0 Å². The normalized spacial score (nSPS) is 13.2. The van der Waals surface area contributed by atoms with Crippen molar-refractivity contribution in [1.29, 1.82) is 0 Å². The van der Waals surface area contributed by atoms with Crippen molar-refractivity contribution >= 4 is 29.4 Å². The van der Waals surface area contributed by atoms with Gasteiger partial charge in [-0.05, 0) is 38.5 Å². The third kappa shape index (κ3) is 8.42. The maximum Gasteiger partial charge on any atom is 0.434 e. The van der Waals surface area contributed by atoms with Crippen LogP contribution in [0.3, 0.4) is 0 Å². The molecule has 1 atom stereocenters. The Bertz CT molecular complexity index is 638. The van der Waals surface area contributed by atoms with Gasteiger partial charge in [0.2, 0.25) is 0 Å². The van der Waals surface area contributed by atoms with Gasteiger partial charge in [0.1, 0.15) is 11.6 Å². The zero-order valence-corrected chi connectivity index (χ0v) is 16.2. The number of carbonyl (C=O) groups is 2. The zero-order chi connectivity index (χ0) is 19.7. The van der Waals surface area contributed by atoms with Crippen LogP contribution in [0.2, 0.25) is 5.02 Å². The van der Waals surface area contributed by atoms with Crippen molar-refractivity contribution in [3.8, 4) is 0 Å². The average Bonchev–Trinajstić information content (AvgIpc) is 2.55. The van der Waals surface area contributed by atoms with Gasteiger partial charge in [0.25, 0.3) is 0 Å². The maximum absolute atomic E-state index is 12.0. The lowest BCUT2D eigenvalue weighted by Gasteiger charge is -2.18. The molecule has 2 N–H and O–H groups in total. The number of aliphatic hydroxyl groups excluding tert-OH is 1. The zero-order valence-electron chi connectivity index (χ0n) is 15.4. The second-order valence-corrected chi connectivity index (χ2v) is 7.04. The lowest BCUT2D eigenvalue weighted by molar-refractivity contribution is -0.144. The summed E-state index contributed by atoms with van der Waals surface area (Å²) in [4.78, 5) is 27.6. The lowest BCUT2D eigenvalue weighted by atomic mass is 10.1. The number of hydrogen-bond donors (Lipinski definition) is 2. The van der Waals surface area contributed by atoms with Crippen molar-refractivity contribution in [3.63, 3.8) is 0 Å². The fourth-order valence-electron chi connectivity index (χ4n) is 2.00. The van der Waals surface area contributed by atoms with Crippen LogP contribution < -0.4 is 5.32 Å². The number of aliphatic hydroxyl groups is 1. The largest absolute Gasteiger partial charge is 0.468 e. The van der Waals surface area contributed by atoms with Crippen LogP contribution in [-0.2, 0) is 20.7 Å². The van der Waals surface area contributed by atoms with Crippen molar-refractivity contribution < 1.29 is 24.2 Å². The average molecular weight is 385 g/mol. The number of rotatable bonds is 7. The fourth-order valence-corrected chi connectivity index (χ4v) is 2.12. The maximum atomic E-state index is 12.0. The summed E-state index contributed by atoms with van der Waals surface area (Å²) in [7, 11) is 1.23. The molecule has 7 nitrogen and oxygen atoms in total. The van der Waals surface area contributed by atoms with Crippen molar-refractivity contribution in [2.24, 2.45) is 4.99 Å². The van der Waals surface area contributed by atoms with Gasteiger partial charge in [-0.25, -0.2) is 4.79 Å². The molecular formula is C18H25ClN2O5. The predicted molar refractivity (Wildman–Crippen MR) is 99.7 cm³/mol. The molecule has 0 bridgehead atoms. The summed E-state index contributed by atoms with van der Waals surface area (Å²) in [6.45, 7) is 4.90. The molecule has 1 unspecified atom stereocenters. The van der Waals surface area contributed by atoms with Gasteiger partial charge >= 0.3 is 12.1 Å². The van der Waals surface area contributed by atoms with E-state index in [0.29, 0.717) is 17.2 Å². The van der Waals surface area contributed by atoms with E-state index < -0.39 is 30.3 Å². The van der Waals surface area contributed by atoms with Crippen LogP contribution in [-0.4, -0.2) is 54.8 Å². The fraction of sp³-hybridized carbons (Fsp3) is 0.500. The molecule has 0 spiro atoms. The Hall–Kier alpha value is -1.96. The van der Waals surface area contributed by atoms with Crippen molar-refractivity contribution in [3.05, 3.63) is 34.9 Å². The summed E-state index contributed by atoms with van der Waals surface area (Å²) in [6.07, 6.45) is -0.371. The molecule has 0 saturated heterocycles. The number of hydrogen-bond acceptors (Lipinski definition) is 6. The molecule has 0 saturated carbocycles. The quantitative estimate of drug-likeness (QED) is 0.553. The number of esters is 1. The first-order chi connectivity index (χ1) is 12.1. The van der Waals surface area contributed by atoms with E-state index in [-0.39, 0.29) is 6.54 Å². The number of nitrogens with zero attached hydrogens (tertiary/aromatic N) is 1. The molecule has 0 aliphatic rings. The molecule has 1 aromatic carbocycles. The predicted octanol–water partition coefficient (Wildman–Crippen LogP) is 2.38. The minimum Gasteiger partial charge on any atom is -0.468 e. The first kappa shape index (κ1) is 22.1. The number of carbonyl (C=O) groups excluding carboxylic acids is 2. The topological polar surface area (TPSA) is 97.2 Å². The Balaban J connectivity index is 2.91. The van der Waals surface area contributed by atoms with Gasteiger partial charge in [-0.3, -0.25) is 10.1 Å². The highest BCUT2D eigenvalue weighted by atomic mass is 35.5. The summed E-state index contributed by atoms with van der Waals surface area (Å²) in [6, 6.07) is 6.20. The number of benzene rings is 1. The van der Waals surface area contributed by atoms with Gasteiger partial charge in [-0.15, -0.1) is 0 Å². The number of nitrogens with one attached hydrogen (secondary N) is 1. The van der Waals surface area contributed by atoms with Gasteiger partial charge in [0, 0.05) is 23.7 Å². The minimum absolute atomic E-state index is 0.0994. The summed E-state index contributed by atoms with van der Waals surface area (Å²) >= 11 is 5.88. The second-order valence-electron chi connectivity index (χ2n) is 6.60. The van der Waals surface area contributed by atoms with E-state index >= 15 is 0 Å². The van der Waals surface area contributed by atoms with Crippen LogP contribution >= 0.6 is 11.6 Å². The molecule has 1 amide bonds. The Labute approximate surface area is 158 Å². The molecule has 0 aliphatic carbocycles. The SMILES string of the molecule is COC(=O)C(CO)NCC(Cc1ccc(Cl)cc1)=NC(=O)OC(C)(C)C. The van der Waals surface area contributed by atoms with Gasteiger partial charge in [-0.2, -0.15) is 4.99 Å². The Morgan fingerprint density at radius 2 is 1.88 bits per heavy atom. The highest BCUT2D eigenvalue weighted by Gasteiger charge is 2.20. The van der Waals surface area contributed by atoms with Gasteiger partial charge in [0.15, 0.2) is 0 Å². The van der Waals surface area contributed by atoms with Crippen LogP contribution in [0.15, 0.2) is 29.3 Å². The van der Waals surface area contributed by atoms with E-state index in [4.69, 9.17) is 16.3 Å². The Kier molecular flexibility index (Phi) is 8.71. The number of methoxy groups -OCH3 is 1. The Morgan fingerprint density at radius 1 is 1.27 bits per heavy atom. The van der Waals surface area contributed by atoms with E-state index in [1.165, 1.54) is 7.11 Å². The summed E-state index contributed by atoms with van der Waals surface area (Å²) in [5.74, 6) is -0.601. The lowest BCUT2D eigenvalue weighted by Crippen LogP contribution is -2.43. The van der Waals surface area contributed by atoms with E-state index in [1.54, 1.807) is 32.9 Å². The third-order valence-corrected chi connectivity index (χ3v) is 3.44. The highest BCUT2D eigenvalue weighted by molar-refractivity contribution is 6.30. The van der Waals surface area contributed by atoms with E-state index in [1.807, 2.05) is 12.1 Å². The van der Waals surface area contributed by atoms with E-state index in [0.717, 1.165) is 5.56 Å². The molecule has 1 aromatic rings. The molecule has 0 fully saturated rings. The van der Waals surface area contributed by atoms with E-state index in [9.17, 15) is 14.7 Å². The van der Waals surface area contributed by atoms with Gasteiger partial charge in [-0.1, -0.05) is 23.7 Å². The van der Waals surface area contributed by atoms with Crippen LogP contribution in [0, 0.1) is 0 Å². The van der Waals surface area contributed by atoms with Crippen molar-refractivity contribution in [1.82, 2.24) is 5.32 Å². The Morgan fingerprint density at radius 3 is 2.38 bits per heavy atom. The highest BCUT2D eigenvalue weighted by Crippen LogP contribution is 2.12. The molecule has 26 heavy (non-hydrogen) atoms. The van der Waals surface area contributed by atoms with Crippen LogP contribution in [0.4, 0.5) is 4.79 Å². The van der Waals surface area contributed by atoms with Crippen molar-refractivity contribution in [2.45, 2.75) is 38.8 Å². The first-order valence-corrected chi connectivity index (χ1v) is 8.48. The number of halogens is 1. The number of aliphatic imine (C=N–C) groups is 1. The monoisotopic (exact) mass is 384 g/mol. The number of amides is 1. The smallest absolute Gasteiger partial charge is 0.434 e. The molecule has 8 heteroatoms. The minimum atomic E-state index is -0.908. The van der Waals surface area contributed by atoms with Crippen molar-refractivity contribution in [2.75, 3.05) is 20.3 Å². The summed E-state index contributed by atoms with van der Waals surface area (Å²) in [5.41, 5.74) is 0.667. The molecule has 144 valence electrons. The standard InChI is InChI=1S/C18H25ClN2O5/c1-18(2,3)26-17(24)21-14(9-12-5-7-13(19)8-6-12)10-20-15(11-22)16(23)25-4/h5-8,15,20,22H,9-11H2,1-4H3. The molecule has 1 rings (SSSR count). The molecule has 0 heterocycles.